The van der Waals surface area contributed by atoms with Gasteiger partial charge in [-0.05, 0) is 25.0 Å². The molecule has 0 aliphatic carbocycles. The van der Waals surface area contributed by atoms with Crippen LogP contribution in [0.4, 0.5) is 0 Å². The smallest absolute Gasteiger partial charge is 0.260 e. The number of carbonyl (C=O) groups is 1. The Morgan fingerprint density at radius 3 is 2.76 bits per heavy atom. The number of rotatable bonds is 6. The summed E-state index contributed by atoms with van der Waals surface area (Å²) >= 11 is 1.54. The average Bonchev–Trinajstić information content (AvgIpc) is 3.31. The summed E-state index contributed by atoms with van der Waals surface area (Å²) in [6.45, 7) is 2.10. The summed E-state index contributed by atoms with van der Waals surface area (Å²) in [7, 11) is -3.06. The predicted molar refractivity (Wildman–Crippen MR) is 113 cm³/mol. The Labute approximate surface area is 173 Å². The highest BCUT2D eigenvalue weighted by atomic mass is 32.2. The molecule has 29 heavy (non-hydrogen) atoms. The van der Waals surface area contributed by atoms with Crippen LogP contribution in [0.3, 0.4) is 0 Å². The van der Waals surface area contributed by atoms with Gasteiger partial charge in [-0.1, -0.05) is 30.3 Å². The van der Waals surface area contributed by atoms with E-state index in [-0.39, 0.29) is 30.1 Å². The van der Waals surface area contributed by atoms with Crippen LogP contribution in [-0.4, -0.2) is 59.9 Å². The molecule has 1 atom stereocenters. The van der Waals surface area contributed by atoms with E-state index < -0.39 is 9.84 Å². The first kappa shape index (κ1) is 19.8. The summed E-state index contributed by atoms with van der Waals surface area (Å²) in [5, 5.41) is 0.760. The van der Waals surface area contributed by atoms with Crippen molar-refractivity contribution in [2.45, 2.75) is 19.4 Å². The van der Waals surface area contributed by atoms with Crippen molar-refractivity contribution < 1.29 is 17.9 Å². The lowest BCUT2D eigenvalue weighted by molar-refractivity contribution is -0.135. The van der Waals surface area contributed by atoms with Gasteiger partial charge in [-0.3, -0.25) is 4.79 Å². The maximum atomic E-state index is 12.7. The molecular weight excluding hydrogens is 410 g/mol. The number of amides is 1. The third-order valence-corrected chi connectivity index (χ3v) is 7.84. The van der Waals surface area contributed by atoms with Crippen molar-refractivity contribution in [3.05, 3.63) is 42.7 Å². The Morgan fingerprint density at radius 2 is 2.07 bits per heavy atom. The first-order chi connectivity index (χ1) is 14.0. The molecule has 9 heteroatoms. The van der Waals surface area contributed by atoms with Crippen LogP contribution in [0, 0.1) is 0 Å². The van der Waals surface area contributed by atoms with Gasteiger partial charge in [0.2, 0.25) is 5.88 Å². The van der Waals surface area contributed by atoms with Crippen LogP contribution in [-0.2, 0) is 14.6 Å². The van der Waals surface area contributed by atoms with Crippen molar-refractivity contribution in [3.8, 4) is 16.3 Å². The zero-order valence-electron chi connectivity index (χ0n) is 15.9. The minimum atomic E-state index is -3.06. The SMILES string of the molecule is CCN(C(=O)COc1ncnc2sc(-c3ccccc3)cc12)C1CCS(=O)(=O)C1. The maximum absolute atomic E-state index is 12.7. The molecule has 1 aliphatic rings. The molecule has 0 radical (unpaired) electrons. The average molecular weight is 432 g/mol. The van der Waals surface area contributed by atoms with Gasteiger partial charge in [-0.2, -0.15) is 0 Å². The molecule has 1 aliphatic heterocycles. The van der Waals surface area contributed by atoms with Crippen molar-refractivity contribution in [3.63, 3.8) is 0 Å². The lowest BCUT2D eigenvalue weighted by Crippen LogP contribution is -2.43. The Bertz CT molecular complexity index is 1130. The molecule has 1 amide bonds. The predicted octanol–water partition coefficient (Wildman–Crippen LogP) is 2.77. The summed E-state index contributed by atoms with van der Waals surface area (Å²) in [5.41, 5.74) is 1.08. The second-order valence-electron chi connectivity index (χ2n) is 6.90. The molecule has 3 heterocycles. The van der Waals surface area contributed by atoms with E-state index in [2.05, 4.69) is 9.97 Å². The number of thiophene rings is 1. The minimum absolute atomic E-state index is 0.0231. The zero-order chi connectivity index (χ0) is 20.4. The standard InChI is InChI=1S/C20H21N3O4S2/c1-2-23(15-8-9-29(25,26)12-15)18(24)11-27-19-16-10-17(14-6-4-3-5-7-14)28-20(16)22-13-21-19/h3-7,10,13,15H,2,8-9,11-12H2,1H3. The van der Waals surface area contributed by atoms with E-state index in [1.807, 2.05) is 43.3 Å². The van der Waals surface area contributed by atoms with Gasteiger partial charge in [0.1, 0.15) is 11.2 Å². The van der Waals surface area contributed by atoms with E-state index in [0.717, 1.165) is 20.7 Å². The van der Waals surface area contributed by atoms with E-state index in [0.29, 0.717) is 18.8 Å². The first-order valence-corrected chi connectivity index (χ1v) is 12.0. The quantitative estimate of drug-likeness (QED) is 0.596. The number of likely N-dealkylation sites (N-methyl/N-ethyl adjacent to an activating group) is 1. The van der Waals surface area contributed by atoms with Crippen LogP contribution in [0.5, 0.6) is 5.88 Å². The number of fused-ring (bicyclic) bond motifs is 1. The molecule has 1 unspecified atom stereocenters. The van der Waals surface area contributed by atoms with Crippen molar-refractivity contribution >= 4 is 37.3 Å². The van der Waals surface area contributed by atoms with Crippen LogP contribution >= 0.6 is 11.3 Å². The molecule has 4 rings (SSSR count). The van der Waals surface area contributed by atoms with Crippen LogP contribution in [0.2, 0.25) is 0 Å². The van der Waals surface area contributed by atoms with E-state index >= 15 is 0 Å². The van der Waals surface area contributed by atoms with Crippen molar-refractivity contribution in [2.75, 3.05) is 24.7 Å². The van der Waals surface area contributed by atoms with Crippen LogP contribution in [0.1, 0.15) is 13.3 Å². The Kier molecular flexibility index (Phi) is 5.51. The second-order valence-corrected chi connectivity index (χ2v) is 10.2. The largest absolute Gasteiger partial charge is 0.467 e. The van der Waals surface area contributed by atoms with Gasteiger partial charge in [-0.25, -0.2) is 18.4 Å². The molecule has 152 valence electrons. The van der Waals surface area contributed by atoms with Gasteiger partial charge < -0.3 is 9.64 Å². The molecule has 0 bridgehead atoms. The van der Waals surface area contributed by atoms with E-state index in [1.165, 1.54) is 17.7 Å². The van der Waals surface area contributed by atoms with E-state index in [9.17, 15) is 13.2 Å². The van der Waals surface area contributed by atoms with Gasteiger partial charge >= 0.3 is 0 Å². The van der Waals surface area contributed by atoms with Crippen molar-refractivity contribution in [1.82, 2.24) is 14.9 Å². The lowest BCUT2D eigenvalue weighted by atomic mass is 10.2. The maximum Gasteiger partial charge on any atom is 0.260 e. The number of hydrogen-bond acceptors (Lipinski definition) is 7. The van der Waals surface area contributed by atoms with Crippen molar-refractivity contribution in [1.29, 1.82) is 0 Å². The fourth-order valence-corrected chi connectivity index (χ4v) is 6.29. The monoisotopic (exact) mass is 431 g/mol. The third kappa shape index (κ3) is 4.25. The molecule has 1 saturated heterocycles. The molecule has 0 saturated carbocycles. The molecular formula is C20H21N3O4S2. The van der Waals surface area contributed by atoms with Gasteiger partial charge in [0, 0.05) is 17.5 Å². The summed E-state index contributed by atoms with van der Waals surface area (Å²) in [5.74, 6) is 0.276. The zero-order valence-corrected chi connectivity index (χ0v) is 17.6. The highest BCUT2D eigenvalue weighted by molar-refractivity contribution is 7.91. The number of benzene rings is 1. The summed E-state index contributed by atoms with van der Waals surface area (Å²) in [6.07, 6.45) is 1.90. The summed E-state index contributed by atoms with van der Waals surface area (Å²) in [4.78, 5) is 24.6. The fourth-order valence-electron chi connectivity index (χ4n) is 3.57. The molecule has 0 N–H and O–H groups in total. The number of hydrogen-bond donors (Lipinski definition) is 0. The van der Waals surface area contributed by atoms with Crippen LogP contribution < -0.4 is 4.74 Å². The van der Waals surface area contributed by atoms with Gasteiger partial charge in [0.25, 0.3) is 5.91 Å². The number of aromatic nitrogens is 2. The molecule has 2 aromatic heterocycles. The van der Waals surface area contributed by atoms with Gasteiger partial charge in [0.05, 0.1) is 16.9 Å². The second kappa shape index (κ2) is 8.08. The molecule has 1 aromatic carbocycles. The number of nitrogens with zero attached hydrogens (tertiary/aromatic N) is 3. The first-order valence-electron chi connectivity index (χ1n) is 9.39. The summed E-state index contributed by atoms with van der Waals surface area (Å²) in [6, 6.07) is 11.7. The summed E-state index contributed by atoms with van der Waals surface area (Å²) < 4.78 is 29.2. The Morgan fingerprint density at radius 1 is 1.28 bits per heavy atom. The molecule has 7 nitrogen and oxygen atoms in total. The van der Waals surface area contributed by atoms with Gasteiger partial charge in [-0.15, -0.1) is 11.3 Å². The van der Waals surface area contributed by atoms with Crippen LogP contribution in [0.25, 0.3) is 20.7 Å². The Hall–Kier alpha value is -2.52. The van der Waals surface area contributed by atoms with E-state index in [4.69, 9.17) is 4.74 Å². The number of sulfone groups is 1. The highest BCUT2D eigenvalue weighted by Gasteiger charge is 2.34. The Balaban J connectivity index is 1.50. The fraction of sp³-hybridized carbons (Fsp3) is 0.350. The number of ether oxygens (including phenoxy) is 1. The van der Waals surface area contributed by atoms with Crippen LogP contribution in [0.15, 0.2) is 42.7 Å². The topological polar surface area (TPSA) is 89.5 Å². The normalized spacial score (nSPS) is 18.0. The number of carbonyl (C=O) groups excluding carboxylic acids is 1. The molecule has 1 fully saturated rings. The minimum Gasteiger partial charge on any atom is -0.467 e. The molecule has 3 aromatic rings. The highest BCUT2D eigenvalue weighted by Crippen LogP contribution is 2.35. The molecule has 0 spiro atoms. The third-order valence-electron chi connectivity index (χ3n) is 4.99. The van der Waals surface area contributed by atoms with E-state index in [1.54, 1.807) is 4.90 Å². The lowest BCUT2D eigenvalue weighted by Gasteiger charge is -2.26. The van der Waals surface area contributed by atoms with Crippen molar-refractivity contribution in [2.24, 2.45) is 0 Å². The van der Waals surface area contributed by atoms with Gasteiger partial charge in [0.15, 0.2) is 16.4 Å².